The van der Waals surface area contributed by atoms with Crippen molar-refractivity contribution in [1.82, 2.24) is 5.16 Å². The third-order valence-electron chi connectivity index (χ3n) is 4.01. The van der Waals surface area contributed by atoms with E-state index in [4.69, 9.17) is 19.1 Å². The molecule has 1 aromatic heterocycles. The zero-order valence-electron chi connectivity index (χ0n) is 14.4. The van der Waals surface area contributed by atoms with Gasteiger partial charge >= 0.3 is 0 Å². The summed E-state index contributed by atoms with van der Waals surface area (Å²) in [6.45, 7) is 0.960. The molecule has 0 bridgehead atoms. The Balaban J connectivity index is 1.50. The fraction of sp³-hybridized carbons (Fsp3) is 0.111. The number of fused-ring (bicyclic) bond motifs is 1. The quantitative estimate of drug-likeness (QED) is 0.683. The molecule has 28 heavy (non-hydrogen) atoms. The number of ether oxygens (including phenoxy) is 2. The second kappa shape index (κ2) is 6.98. The van der Waals surface area contributed by atoms with Gasteiger partial charge in [-0.3, -0.25) is 4.79 Å². The van der Waals surface area contributed by atoms with Crippen molar-refractivity contribution >= 4 is 21.6 Å². The van der Waals surface area contributed by atoms with Crippen molar-refractivity contribution in [1.29, 1.82) is 0 Å². The molecule has 4 rings (SSSR count). The van der Waals surface area contributed by atoms with Crippen molar-refractivity contribution in [2.45, 2.75) is 4.90 Å². The van der Waals surface area contributed by atoms with E-state index < -0.39 is 15.9 Å². The lowest BCUT2D eigenvalue weighted by molar-refractivity contribution is 0.101. The van der Waals surface area contributed by atoms with Crippen molar-refractivity contribution in [2.24, 2.45) is 5.14 Å². The van der Waals surface area contributed by atoms with Crippen LogP contribution in [-0.2, 0) is 10.0 Å². The van der Waals surface area contributed by atoms with Crippen LogP contribution in [0.2, 0.25) is 0 Å². The standard InChI is InChI=1S/C18H15N3O6S/c19-28(23,24)13-4-2-12(3-5-13)20-18(22)14-10-16(27-21-14)11-1-6-15-17(9-11)26-8-7-25-15/h1-6,9-10H,7-8H2,(H,20,22)(H2,19,23,24). The van der Waals surface area contributed by atoms with E-state index in [9.17, 15) is 13.2 Å². The zero-order chi connectivity index (χ0) is 19.7. The van der Waals surface area contributed by atoms with Crippen LogP contribution in [0, 0.1) is 0 Å². The lowest BCUT2D eigenvalue weighted by Gasteiger charge is -2.18. The van der Waals surface area contributed by atoms with Crippen molar-refractivity contribution in [2.75, 3.05) is 18.5 Å². The van der Waals surface area contributed by atoms with E-state index in [1.807, 2.05) is 0 Å². The van der Waals surface area contributed by atoms with Crippen LogP contribution in [0.4, 0.5) is 5.69 Å². The summed E-state index contributed by atoms with van der Waals surface area (Å²) in [7, 11) is -3.79. The third-order valence-corrected chi connectivity index (χ3v) is 4.94. The summed E-state index contributed by atoms with van der Waals surface area (Å²) in [5.74, 6) is 1.14. The van der Waals surface area contributed by atoms with Crippen molar-refractivity contribution < 1.29 is 27.2 Å². The average molecular weight is 401 g/mol. The van der Waals surface area contributed by atoms with E-state index in [1.54, 1.807) is 18.2 Å². The number of rotatable bonds is 4. The maximum atomic E-state index is 12.4. The molecule has 1 aliphatic rings. The average Bonchev–Trinajstić information content (AvgIpc) is 3.18. The highest BCUT2D eigenvalue weighted by Crippen LogP contribution is 2.34. The van der Waals surface area contributed by atoms with E-state index in [0.29, 0.717) is 41.7 Å². The lowest BCUT2D eigenvalue weighted by Crippen LogP contribution is -2.15. The van der Waals surface area contributed by atoms with Gasteiger partial charge in [-0.15, -0.1) is 0 Å². The molecule has 0 saturated heterocycles. The molecule has 0 fully saturated rings. The molecule has 2 heterocycles. The molecular formula is C18H15N3O6S. The van der Waals surface area contributed by atoms with Crippen LogP contribution in [0.1, 0.15) is 10.5 Å². The number of aromatic nitrogens is 1. The first kappa shape index (κ1) is 18.0. The fourth-order valence-corrected chi connectivity index (χ4v) is 3.15. The maximum Gasteiger partial charge on any atom is 0.277 e. The molecule has 0 unspecified atom stereocenters. The highest BCUT2D eigenvalue weighted by atomic mass is 32.2. The van der Waals surface area contributed by atoms with Gasteiger partial charge in [-0.2, -0.15) is 0 Å². The minimum absolute atomic E-state index is 0.0483. The van der Waals surface area contributed by atoms with E-state index >= 15 is 0 Å². The number of hydrogen-bond acceptors (Lipinski definition) is 7. The van der Waals surface area contributed by atoms with Gasteiger partial charge in [-0.25, -0.2) is 13.6 Å². The number of benzene rings is 2. The van der Waals surface area contributed by atoms with Crippen LogP contribution in [0.5, 0.6) is 11.5 Å². The molecule has 3 N–H and O–H groups in total. The second-order valence-corrected chi connectivity index (χ2v) is 7.52. The second-order valence-electron chi connectivity index (χ2n) is 5.96. The summed E-state index contributed by atoms with van der Waals surface area (Å²) >= 11 is 0. The van der Waals surface area contributed by atoms with Crippen LogP contribution in [0.25, 0.3) is 11.3 Å². The van der Waals surface area contributed by atoms with Gasteiger partial charge in [0.05, 0.1) is 4.90 Å². The Morgan fingerprint density at radius 2 is 1.71 bits per heavy atom. The number of nitrogens with one attached hydrogen (secondary N) is 1. The van der Waals surface area contributed by atoms with Gasteiger partial charge in [0, 0.05) is 17.3 Å². The molecule has 0 radical (unpaired) electrons. The minimum Gasteiger partial charge on any atom is -0.486 e. The summed E-state index contributed by atoms with van der Waals surface area (Å²) in [6, 6.07) is 12.3. The summed E-state index contributed by atoms with van der Waals surface area (Å²) in [6.07, 6.45) is 0. The molecule has 1 amide bonds. The van der Waals surface area contributed by atoms with E-state index in [2.05, 4.69) is 10.5 Å². The minimum atomic E-state index is -3.79. The molecule has 9 nitrogen and oxygen atoms in total. The number of carbonyl (C=O) groups excluding carboxylic acids is 1. The smallest absolute Gasteiger partial charge is 0.277 e. The lowest BCUT2D eigenvalue weighted by atomic mass is 10.1. The van der Waals surface area contributed by atoms with Gasteiger partial charge < -0.3 is 19.3 Å². The molecule has 0 spiro atoms. The normalized spacial score (nSPS) is 13.2. The van der Waals surface area contributed by atoms with Crippen LogP contribution < -0.4 is 19.9 Å². The van der Waals surface area contributed by atoms with Gasteiger partial charge in [0.15, 0.2) is 23.0 Å². The van der Waals surface area contributed by atoms with Crippen LogP contribution in [-0.4, -0.2) is 32.7 Å². The Morgan fingerprint density at radius 3 is 2.43 bits per heavy atom. The number of sulfonamides is 1. The number of amides is 1. The third kappa shape index (κ3) is 3.68. The number of anilines is 1. The Kier molecular flexibility index (Phi) is 4.49. The predicted molar refractivity (Wildman–Crippen MR) is 98.7 cm³/mol. The summed E-state index contributed by atoms with van der Waals surface area (Å²) in [5, 5.41) is 11.4. The Morgan fingerprint density at radius 1 is 1.00 bits per heavy atom. The van der Waals surface area contributed by atoms with Gasteiger partial charge in [0.2, 0.25) is 10.0 Å². The highest BCUT2D eigenvalue weighted by Gasteiger charge is 2.17. The molecule has 10 heteroatoms. The van der Waals surface area contributed by atoms with Gasteiger partial charge in [-0.1, -0.05) is 5.16 Å². The van der Waals surface area contributed by atoms with Gasteiger partial charge in [0.25, 0.3) is 5.91 Å². The largest absolute Gasteiger partial charge is 0.486 e. The van der Waals surface area contributed by atoms with Gasteiger partial charge in [-0.05, 0) is 42.5 Å². The summed E-state index contributed by atoms with van der Waals surface area (Å²) < 4.78 is 38.8. The highest BCUT2D eigenvalue weighted by molar-refractivity contribution is 7.89. The Labute approximate surface area is 160 Å². The molecule has 0 saturated carbocycles. The Bertz CT molecular complexity index is 1140. The van der Waals surface area contributed by atoms with Crippen molar-refractivity contribution in [3.8, 4) is 22.8 Å². The number of primary sulfonamides is 1. The number of carbonyl (C=O) groups is 1. The molecule has 144 valence electrons. The first-order valence-electron chi connectivity index (χ1n) is 8.21. The molecule has 0 atom stereocenters. The molecular weight excluding hydrogens is 386 g/mol. The maximum absolute atomic E-state index is 12.4. The molecule has 2 aromatic carbocycles. The topological polar surface area (TPSA) is 134 Å². The summed E-state index contributed by atoms with van der Waals surface area (Å²) in [4.78, 5) is 12.3. The van der Waals surface area contributed by atoms with E-state index in [-0.39, 0.29) is 10.6 Å². The first-order chi connectivity index (χ1) is 13.4. The fourth-order valence-electron chi connectivity index (χ4n) is 2.64. The van der Waals surface area contributed by atoms with Crippen molar-refractivity contribution in [3.63, 3.8) is 0 Å². The van der Waals surface area contributed by atoms with Crippen LogP contribution in [0.3, 0.4) is 0 Å². The number of hydrogen-bond donors (Lipinski definition) is 2. The number of nitrogens with zero attached hydrogens (tertiary/aromatic N) is 1. The SMILES string of the molecule is NS(=O)(=O)c1ccc(NC(=O)c2cc(-c3ccc4c(c3)OCCO4)on2)cc1. The number of nitrogens with two attached hydrogens (primary N) is 1. The van der Waals surface area contributed by atoms with Crippen LogP contribution in [0.15, 0.2) is 57.9 Å². The molecule has 1 aliphatic heterocycles. The van der Waals surface area contributed by atoms with E-state index in [0.717, 1.165) is 0 Å². The molecule has 3 aromatic rings. The summed E-state index contributed by atoms with van der Waals surface area (Å²) in [5.41, 5.74) is 1.15. The zero-order valence-corrected chi connectivity index (χ0v) is 15.2. The first-order valence-corrected chi connectivity index (χ1v) is 9.76. The molecule has 0 aliphatic carbocycles. The van der Waals surface area contributed by atoms with Gasteiger partial charge in [0.1, 0.15) is 13.2 Å². The van der Waals surface area contributed by atoms with E-state index in [1.165, 1.54) is 30.3 Å². The Hall–Kier alpha value is -3.37. The van der Waals surface area contributed by atoms with Crippen molar-refractivity contribution in [3.05, 3.63) is 54.2 Å². The predicted octanol–water partition coefficient (Wildman–Crippen LogP) is 2.01. The van der Waals surface area contributed by atoms with Crippen LogP contribution >= 0.6 is 0 Å². The monoisotopic (exact) mass is 401 g/mol.